The minimum atomic E-state index is 0.293. The van der Waals surface area contributed by atoms with Crippen molar-refractivity contribution in [1.29, 1.82) is 0 Å². The SMILES string of the molecule is CC(C)(C)C1(C)CC1.CC(C)(C)C1(C)CCC1.CC(C)(C)C1(C)CCCC1.CC(C)(C)C1(C)CCCCC1.CC(C)(C)C1(C)CCCCC1.CC(C)(C)C1CC1.CC(C)(C)C1CCC1.CC(C)(C)C1CCCC1.CC(C)(C)C1CCCCC1.CC(C)(C)CC1CC1.CC(C)(C)c1ccccc1. The van der Waals surface area contributed by atoms with Gasteiger partial charge in [-0.1, -0.05) is 403 Å². The van der Waals surface area contributed by atoms with Crippen LogP contribution in [0.15, 0.2) is 30.3 Å². The monoisotopic (exact) mass is 1410 g/mol. The van der Waals surface area contributed by atoms with Crippen LogP contribution in [0.4, 0.5) is 0 Å². The summed E-state index contributed by atoms with van der Waals surface area (Å²) in [5.41, 5.74) is 10.5. The van der Waals surface area contributed by atoms with Crippen molar-refractivity contribution in [2.24, 2.45) is 111 Å². The van der Waals surface area contributed by atoms with Crippen LogP contribution in [0.3, 0.4) is 0 Å². The molecule has 0 saturated heterocycles. The molecule has 10 aliphatic carbocycles. The second kappa shape index (κ2) is 40.2. The summed E-state index contributed by atoms with van der Waals surface area (Å²) in [5.74, 6) is 5.18. The van der Waals surface area contributed by atoms with E-state index in [9.17, 15) is 0 Å². The molecule has 0 atom stereocenters. The molecule has 0 bridgehead atoms. The van der Waals surface area contributed by atoms with Crippen LogP contribution >= 0.6 is 0 Å². The average Bonchev–Trinajstić information content (AvgIpc) is 1.73. The van der Waals surface area contributed by atoms with E-state index in [2.05, 4.69) is 293 Å². The van der Waals surface area contributed by atoms with E-state index in [-0.39, 0.29) is 0 Å². The molecule has 0 nitrogen and oxygen atoms in total. The lowest BCUT2D eigenvalue weighted by Crippen LogP contribution is -2.38. The Balaban J connectivity index is 0.000000557. The average molecular weight is 1410 g/mol. The smallest absolute Gasteiger partial charge is 0.0132 e. The Morgan fingerprint density at radius 2 is 0.455 bits per heavy atom. The summed E-state index contributed by atoms with van der Waals surface area (Å²) in [5, 5.41) is 0. The van der Waals surface area contributed by atoms with Crippen LogP contribution in [0.5, 0.6) is 0 Å². The Hall–Kier alpha value is -0.780. The van der Waals surface area contributed by atoms with Gasteiger partial charge >= 0.3 is 0 Å². The third-order valence-electron chi connectivity index (χ3n) is 29.9. The molecule has 0 heteroatoms. The van der Waals surface area contributed by atoms with Gasteiger partial charge in [-0.3, -0.25) is 0 Å². The fourth-order valence-corrected chi connectivity index (χ4v) is 16.6. The fourth-order valence-electron chi connectivity index (χ4n) is 16.6. The number of hydrogen-bond acceptors (Lipinski definition) is 0. The lowest BCUT2D eigenvalue weighted by atomic mass is 9.56. The maximum Gasteiger partial charge on any atom is -0.0132 e. The van der Waals surface area contributed by atoms with Gasteiger partial charge in [0.25, 0.3) is 0 Å². The van der Waals surface area contributed by atoms with Crippen molar-refractivity contribution in [1.82, 2.24) is 0 Å². The van der Waals surface area contributed by atoms with Crippen LogP contribution in [-0.2, 0) is 5.41 Å². The van der Waals surface area contributed by atoms with Crippen LogP contribution < -0.4 is 0 Å². The molecule has 1 aromatic carbocycles. The summed E-state index contributed by atoms with van der Waals surface area (Å²) in [4.78, 5) is 0. The number of rotatable bonds is 1. The molecule has 0 unspecified atom stereocenters. The van der Waals surface area contributed by atoms with Gasteiger partial charge in [0.1, 0.15) is 0 Å². The minimum absolute atomic E-state index is 0.293. The molecule has 1 aromatic rings. The molecule has 0 N–H and O–H groups in total. The summed E-state index contributed by atoms with van der Waals surface area (Å²) in [7, 11) is 0. The van der Waals surface area contributed by atoms with E-state index in [4.69, 9.17) is 0 Å². The van der Waals surface area contributed by atoms with Gasteiger partial charge in [0, 0.05) is 0 Å². The molecule has 0 aromatic heterocycles. The van der Waals surface area contributed by atoms with E-state index >= 15 is 0 Å². The molecule has 101 heavy (non-hydrogen) atoms. The second-order valence-electron chi connectivity index (χ2n) is 49.2. The zero-order chi connectivity index (χ0) is 78.5. The zero-order valence-electron chi connectivity index (χ0n) is 77.7. The fraction of sp³-hybridized carbons (Fsp3) is 0.941. The van der Waals surface area contributed by atoms with Gasteiger partial charge < -0.3 is 0 Å². The largest absolute Gasteiger partial charge is 0.0622 e. The number of benzene rings is 1. The highest BCUT2D eigenvalue weighted by Gasteiger charge is 2.47. The van der Waals surface area contributed by atoms with E-state index < -0.39 is 0 Å². The van der Waals surface area contributed by atoms with Crippen molar-refractivity contribution in [3.8, 4) is 0 Å². The van der Waals surface area contributed by atoms with E-state index in [0.29, 0.717) is 86.6 Å². The minimum Gasteiger partial charge on any atom is -0.0622 e. The molecular formula is C101H196. The quantitative estimate of drug-likeness (QED) is 0.263. The normalized spacial score (nSPS) is 22.8. The summed E-state index contributed by atoms with van der Waals surface area (Å²) in [6, 6.07) is 10.6. The second-order valence-corrected chi connectivity index (χ2v) is 49.2. The van der Waals surface area contributed by atoms with Crippen molar-refractivity contribution in [3.63, 3.8) is 0 Å². The summed E-state index contributed by atoms with van der Waals surface area (Å²) in [6.45, 7) is 89.6. The Labute approximate surface area is 642 Å². The highest BCUT2D eigenvalue weighted by molar-refractivity contribution is 5.22. The Morgan fingerprint density at radius 3 is 0.574 bits per heavy atom. The van der Waals surface area contributed by atoms with E-state index in [1.807, 2.05) is 0 Å². The maximum absolute atomic E-state index is 2.46. The lowest BCUT2D eigenvalue weighted by molar-refractivity contribution is 0.0176. The zero-order valence-corrected chi connectivity index (χ0v) is 77.7. The van der Waals surface area contributed by atoms with Crippen LogP contribution in [0.2, 0.25) is 0 Å². The molecule has 0 heterocycles. The van der Waals surface area contributed by atoms with Gasteiger partial charge in [-0.05, 0) is 244 Å². The Morgan fingerprint density at radius 1 is 0.238 bits per heavy atom. The predicted molar refractivity (Wildman–Crippen MR) is 464 cm³/mol. The third kappa shape index (κ3) is 38.4. The summed E-state index contributed by atoms with van der Waals surface area (Å²) in [6.07, 6.45) is 52.6. The molecule has 0 spiro atoms. The van der Waals surface area contributed by atoms with Gasteiger partial charge in [-0.15, -0.1) is 0 Å². The van der Waals surface area contributed by atoms with Gasteiger partial charge in [0.15, 0.2) is 0 Å². The van der Waals surface area contributed by atoms with Crippen molar-refractivity contribution >= 4 is 0 Å². The van der Waals surface area contributed by atoms with Gasteiger partial charge in [0.2, 0.25) is 0 Å². The topological polar surface area (TPSA) is 0 Å². The molecular weight excluding hydrogens is 1210 g/mol. The molecule has 10 aliphatic rings. The molecule has 11 rings (SSSR count). The highest BCUT2D eigenvalue weighted by Crippen LogP contribution is 2.58. The van der Waals surface area contributed by atoms with Crippen LogP contribution in [-0.4, -0.2) is 0 Å². The van der Waals surface area contributed by atoms with Crippen LogP contribution in [0.25, 0.3) is 0 Å². The Kier molecular flexibility index (Phi) is 39.1. The standard InChI is InChI=1S/2C11H22.2C10H20.C10H14.2C9H18.3C8H16.C7H14/c2*1-10(2,3)11(4)8-6-5-7-9-11;1-9(2,3)10(4)7-5-6-8-10;2*1-10(2,3)9-7-5-4-6-8-9;1-8(2,3)9(4)6-5-7-9;1-9(2,3)8-6-4-5-7-8;1-7(2,3)8(4)5-6-8;1-8(2,3)6-7-4-5-7;1-8(2,3)7-5-4-6-7;1-7(2,3)6-4-5-6/h2*5-9H2,1-4H3;5-8H2,1-4H3;9H,4-8H2,1-3H3;4-8H,1-3H3;5-7H2,1-4H3;8H,4-7H2,1-3H3;5-6H2,1-4H3;2*7H,4-6H2,1-3H3;6H,4-5H2,1-3H3. The third-order valence-corrected chi connectivity index (χ3v) is 29.9. The molecule has 0 amide bonds. The van der Waals surface area contributed by atoms with Gasteiger partial charge in [-0.25, -0.2) is 0 Å². The van der Waals surface area contributed by atoms with Crippen molar-refractivity contribution in [2.45, 2.75) is 500 Å². The number of hydrogen-bond donors (Lipinski definition) is 0. The first-order chi connectivity index (χ1) is 45.4. The molecule has 600 valence electrons. The van der Waals surface area contributed by atoms with Crippen molar-refractivity contribution < 1.29 is 0 Å². The Bertz CT molecular complexity index is 2210. The van der Waals surface area contributed by atoms with E-state index in [1.165, 1.54) is 237 Å². The maximum atomic E-state index is 2.46. The van der Waals surface area contributed by atoms with Crippen LogP contribution in [0.1, 0.15) is 500 Å². The van der Waals surface area contributed by atoms with Gasteiger partial charge in [0.05, 0.1) is 0 Å². The first-order valence-corrected chi connectivity index (χ1v) is 44.4. The van der Waals surface area contributed by atoms with E-state index in [0.717, 1.165) is 29.6 Å². The molecule has 0 aliphatic heterocycles. The summed E-state index contributed by atoms with van der Waals surface area (Å²) >= 11 is 0. The first-order valence-electron chi connectivity index (χ1n) is 44.4. The molecule has 0 radical (unpaired) electrons. The van der Waals surface area contributed by atoms with Crippen molar-refractivity contribution in [3.05, 3.63) is 35.9 Å². The first kappa shape index (κ1) is 98.2. The highest BCUT2D eigenvalue weighted by atomic mass is 14.5. The van der Waals surface area contributed by atoms with Gasteiger partial charge in [-0.2, -0.15) is 0 Å². The van der Waals surface area contributed by atoms with E-state index in [1.54, 1.807) is 0 Å². The lowest BCUT2D eigenvalue weighted by Gasteiger charge is -2.49. The molecule has 10 saturated carbocycles. The van der Waals surface area contributed by atoms with Crippen LogP contribution in [0, 0.1) is 111 Å². The molecule has 10 fully saturated rings. The summed E-state index contributed by atoms with van der Waals surface area (Å²) < 4.78 is 0. The van der Waals surface area contributed by atoms with Crippen molar-refractivity contribution in [2.75, 3.05) is 0 Å². The predicted octanol–water partition coefficient (Wildman–Crippen LogP) is 35.6.